The van der Waals surface area contributed by atoms with Gasteiger partial charge in [0, 0.05) is 12.1 Å². The van der Waals surface area contributed by atoms with Crippen molar-refractivity contribution in [3.8, 4) is 0 Å². The summed E-state index contributed by atoms with van der Waals surface area (Å²) in [6.07, 6.45) is -1.03. The molecule has 0 bridgehead atoms. The van der Waals surface area contributed by atoms with Gasteiger partial charge in [-0.2, -0.15) is 0 Å². The molecule has 1 atom stereocenters. The number of carbonyl (C=O) groups excluding carboxylic acids is 1. The largest absolute Gasteiger partial charge is 0.387 e. The van der Waals surface area contributed by atoms with Crippen molar-refractivity contribution in [2.75, 3.05) is 6.54 Å². The van der Waals surface area contributed by atoms with E-state index in [9.17, 15) is 18.7 Å². The summed E-state index contributed by atoms with van der Waals surface area (Å²) in [6.45, 7) is 1.61. The van der Waals surface area contributed by atoms with Crippen molar-refractivity contribution in [1.82, 2.24) is 5.32 Å². The Kier molecular flexibility index (Phi) is 4.65. The van der Waals surface area contributed by atoms with E-state index in [0.29, 0.717) is 11.1 Å². The molecule has 1 amide bonds. The van der Waals surface area contributed by atoms with Gasteiger partial charge in [-0.1, -0.05) is 18.2 Å². The molecule has 0 fully saturated rings. The third-order valence-corrected chi connectivity index (χ3v) is 3.13. The van der Waals surface area contributed by atoms with Gasteiger partial charge >= 0.3 is 0 Å². The summed E-state index contributed by atoms with van der Waals surface area (Å²) in [5.74, 6) is -1.45. The Bertz CT molecular complexity index is 658. The normalized spacial score (nSPS) is 12.0. The van der Waals surface area contributed by atoms with Crippen molar-refractivity contribution < 1.29 is 18.7 Å². The molecule has 110 valence electrons. The standard InChI is InChI=1S/C16H15F2NO2/c1-10-5-6-13(18)8-14(10)16(21)19-9-15(20)11-3-2-4-12(17)7-11/h2-8,15,20H,9H2,1H3,(H,19,21). The fourth-order valence-electron chi connectivity index (χ4n) is 1.96. The lowest BCUT2D eigenvalue weighted by Crippen LogP contribution is -2.29. The van der Waals surface area contributed by atoms with E-state index in [1.165, 1.54) is 30.3 Å². The molecule has 0 aliphatic heterocycles. The molecule has 5 heteroatoms. The molecule has 0 spiro atoms. The molecule has 0 aliphatic rings. The first-order valence-electron chi connectivity index (χ1n) is 6.45. The minimum atomic E-state index is -1.03. The summed E-state index contributed by atoms with van der Waals surface area (Å²) >= 11 is 0. The minimum Gasteiger partial charge on any atom is -0.387 e. The lowest BCUT2D eigenvalue weighted by Gasteiger charge is -2.13. The summed E-state index contributed by atoms with van der Waals surface area (Å²) in [5.41, 5.74) is 1.21. The molecule has 0 aromatic heterocycles. The monoisotopic (exact) mass is 291 g/mol. The van der Waals surface area contributed by atoms with Crippen molar-refractivity contribution in [3.63, 3.8) is 0 Å². The predicted octanol–water partition coefficient (Wildman–Crippen LogP) is 2.74. The number of benzene rings is 2. The number of rotatable bonds is 4. The number of hydrogen-bond acceptors (Lipinski definition) is 2. The van der Waals surface area contributed by atoms with E-state index in [2.05, 4.69) is 5.32 Å². The Balaban J connectivity index is 2.02. The maximum Gasteiger partial charge on any atom is 0.251 e. The van der Waals surface area contributed by atoms with E-state index >= 15 is 0 Å². The summed E-state index contributed by atoms with van der Waals surface area (Å²) in [4.78, 5) is 12.0. The molecule has 2 N–H and O–H groups in total. The maximum absolute atomic E-state index is 13.1. The Morgan fingerprint density at radius 3 is 2.62 bits per heavy atom. The zero-order valence-corrected chi connectivity index (χ0v) is 11.4. The van der Waals surface area contributed by atoms with Gasteiger partial charge in [0.25, 0.3) is 5.91 Å². The smallest absolute Gasteiger partial charge is 0.251 e. The number of aryl methyl sites for hydroxylation is 1. The van der Waals surface area contributed by atoms with E-state index in [1.54, 1.807) is 13.0 Å². The topological polar surface area (TPSA) is 49.3 Å². The number of halogens is 2. The molecule has 0 aliphatic carbocycles. The van der Waals surface area contributed by atoms with Crippen LogP contribution in [0.4, 0.5) is 8.78 Å². The van der Waals surface area contributed by atoms with Crippen LogP contribution in [0.1, 0.15) is 27.6 Å². The number of aliphatic hydroxyl groups excluding tert-OH is 1. The Hall–Kier alpha value is -2.27. The van der Waals surface area contributed by atoms with Crippen LogP contribution < -0.4 is 5.32 Å². The lowest BCUT2D eigenvalue weighted by atomic mass is 10.1. The van der Waals surface area contributed by atoms with Crippen LogP contribution in [0.25, 0.3) is 0 Å². The van der Waals surface area contributed by atoms with Gasteiger partial charge in [-0.25, -0.2) is 8.78 Å². The Labute approximate surface area is 121 Å². The van der Waals surface area contributed by atoms with Crippen LogP contribution in [-0.4, -0.2) is 17.6 Å². The van der Waals surface area contributed by atoms with Crippen LogP contribution in [0, 0.1) is 18.6 Å². The molecule has 1 unspecified atom stereocenters. The molecule has 2 aromatic rings. The average Bonchev–Trinajstić information content (AvgIpc) is 2.47. The van der Waals surface area contributed by atoms with Crippen LogP contribution in [0.15, 0.2) is 42.5 Å². The Morgan fingerprint density at radius 1 is 1.19 bits per heavy atom. The van der Waals surface area contributed by atoms with E-state index in [4.69, 9.17) is 0 Å². The Morgan fingerprint density at radius 2 is 1.90 bits per heavy atom. The predicted molar refractivity (Wildman–Crippen MR) is 74.8 cm³/mol. The van der Waals surface area contributed by atoms with Gasteiger partial charge in [0.2, 0.25) is 0 Å². The third kappa shape index (κ3) is 3.86. The number of amides is 1. The second-order valence-corrected chi connectivity index (χ2v) is 4.74. The highest BCUT2D eigenvalue weighted by Gasteiger charge is 2.13. The molecule has 2 aromatic carbocycles. The van der Waals surface area contributed by atoms with Crippen LogP contribution in [0.2, 0.25) is 0 Å². The fourth-order valence-corrected chi connectivity index (χ4v) is 1.96. The molecule has 0 saturated heterocycles. The first kappa shape index (κ1) is 15.1. The second-order valence-electron chi connectivity index (χ2n) is 4.74. The first-order chi connectivity index (χ1) is 9.97. The fraction of sp³-hybridized carbons (Fsp3) is 0.188. The zero-order chi connectivity index (χ0) is 15.4. The van der Waals surface area contributed by atoms with Gasteiger partial charge < -0.3 is 10.4 Å². The highest BCUT2D eigenvalue weighted by atomic mass is 19.1. The van der Waals surface area contributed by atoms with Crippen LogP contribution in [-0.2, 0) is 0 Å². The van der Waals surface area contributed by atoms with Crippen LogP contribution >= 0.6 is 0 Å². The van der Waals surface area contributed by atoms with Gasteiger partial charge in [0.15, 0.2) is 0 Å². The van der Waals surface area contributed by atoms with E-state index < -0.39 is 23.6 Å². The number of aliphatic hydroxyl groups is 1. The number of nitrogens with one attached hydrogen (secondary N) is 1. The lowest BCUT2D eigenvalue weighted by molar-refractivity contribution is 0.0915. The molecule has 2 rings (SSSR count). The number of hydrogen-bond donors (Lipinski definition) is 2. The second kappa shape index (κ2) is 6.45. The quantitative estimate of drug-likeness (QED) is 0.910. The molecular weight excluding hydrogens is 276 g/mol. The SMILES string of the molecule is Cc1ccc(F)cc1C(=O)NCC(O)c1cccc(F)c1. The highest BCUT2D eigenvalue weighted by Crippen LogP contribution is 2.14. The van der Waals surface area contributed by atoms with Crippen molar-refractivity contribution in [3.05, 3.63) is 70.8 Å². The molecule has 0 heterocycles. The van der Waals surface area contributed by atoms with E-state index in [1.807, 2.05) is 0 Å². The molecule has 3 nitrogen and oxygen atoms in total. The summed E-state index contributed by atoms with van der Waals surface area (Å²) in [6, 6.07) is 9.43. The minimum absolute atomic E-state index is 0.0851. The third-order valence-electron chi connectivity index (χ3n) is 3.13. The summed E-state index contributed by atoms with van der Waals surface area (Å²) in [5, 5.41) is 12.4. The van der Waals surface area contributed by atoms with Gasteiger partial charge in [-0.05, 0) is 42.3 Å². The summed E-state index contributed by atoms with van der Waals surface area (Å²) in [7, 11) is 0. The van der Waals surface area contributed by atoms with Gasteiger partial charge in [-0.3, -0.25) is 4.79 Å². The highest BCUT2D eigenvalue weighted by molar-refractivity contribution is 5.95. The van der Waals surface area contributed by atoms with Crippen molar-refractivity contribution in [2.45, 2.75) is 13.0 Å². The van der Waals surface area contributed by atoms with Crippen LogP contribution in [0.5, 0.6) is 0 Å². The summed E-state index contributed by atoms with van der Waals surface area (Å²) < 4.78 is 26.2. The molecule has 0 radical (unpaired) electrons. The van der Waals surface area contributed by atoms with Crippen LogP contribution in [0.3, 0.4) is 0 Å². The molecule has 21 heavy (non-hydrogen) atoms. The van der Waals surface area contributed by atoms with Crippen molar-refractivity contribution in [2.24, 2.45) is 0 Å². The average molecular weight is 291 g/mol. The van der Waals surface area contributed by atoms with Crippen molar-refractivity contribution >= 4 is 5.91 Å². The molecule has 0 saturated carbocycles. The number of carbonyl (C=O) groups is 1. The molecular formula is C16H15F2NO2. The van der Waals surface area contributed by atoms with Gasteiger partial charge in [0.1, 0.15) is 11.6 Å². The van der Waals surface area contributed by atoms with Gasteiger partial charge in [0.05, 0.1) is 6.10 Å². The van der Waals surface area contributed by atoms with Crippen molar-refractivity contribution in [1.29, 1.82) is 0 Å². The van der Waals surface area contributed by atoms with E-state index in [-0.39, 0.29) is 12.1 Å². The first-order valence-corrected chi connectivity index (χ1v) is 6.45. The van der Waals surface area contributed by atoms with Gasteiger partial charge in [-0.15, -0.1) is 0 Å². The maximum atomic E-state index is 13.1. The zero-order valence-electron chi connectivity index (χ0n) is 11.4. The van der Waals surface area contributed by atoms with E-state index in [0.717, 1.165) is 6.07 Å².